The molecule has 0 fully saturated rings. The Morgan fingerprint density at radius 1 is 1.07 bits per heavy atom. The number of hydrogen-bond donors (Lipinski definition) is 2. The van der Waals surface area contributed by atoms with E-state index < -0.39 is 16.9 Å². The zero-order chi connectivity index (χ0) is 20.9. The molecule has 0 amide bonds. The summed E-state index contributed by atoms with van der Waals surface area (Å²) in [7, 11) is 0. The van der Waals surface area contributed by atoms with E-state index in [9.17, 15) is 15.0 Å². The van der Waals surface area contributed by atoms with Gasteiger partial charge in [-0.05, 0) is 51.5 Å². The molecule has 0 aliphatic rings. The van der Waals surface area contributed by atoms with Gasteiger partial charge in [0, 0.05) is 16.4 Å². The molecule has 1 unspecified atom stereocenters. The summed E-state index contributed by atoms with van der Waals surface area (Å²) in [6.45, 7) is 10.6. The number of carbonyl (C=O) groups excluding carboxylic acids is 1. The van der Waals surface area contributed by atoms with E-state index in [0.717, 1.165) is 5.56 Å². The third kappa shape index (κ3) is 3.18. The number of rotatable bonds is 5. The molecule has 28 heavy (non-hydrogen) atoms. The Morgan fingerprint density at radius 3 is 2.07 bits per heavy atom. The van der Waals surface area contributed by atoms with Crippen LogP contribution in [0.3, 0.4) is 0 Å². The van der Waals surface area contributed by atoms with E-state index in [-0.39, 0.29) is 11.5 Å². The number of aromatic hydroxyl groups is 1. The summed E-state index contributed by atoms with van der Waals surface area (Å²) in [4.78, 5) is 13.7. The molecule has 6 nitrogen and oxygen atoms in total. The van der Waals surface area contributed by atoms with Gasteiger partial charge in [0.25, 0.3) is 0 Å². The van der Waals surface area contributed by atoms with Crippen LogP contribution in [0.1, 0.15) is 52.7 Å². The van der Waals surface area contributed by atoms with Crippen molar-refractivity contribution in [2.24, 2.45) is 0 Å². The maximum absolute atomic E-state index is 12.3. The van der Waals surface area contributed by atoms with Gasteiger partial charge >= 0.3 is 0 Å². The minimum absolute atomic E-state index is 0.00327. The number of phenolic OH excluding ortho intramolecular Hbond substituents is 1. The van der Waals surface area contributed by atoms with Crippen molar-refractivity contribution >= 4 is 16.8 Å². The molecule has 0 radical (unpaired) electrons. The van der Waals surface area contributed by atoms with Crippen molar-refractivity contribution in [1.29, 1.82) is 0 Å². The molecule has 1 aromatic heterocycles. The summed E-state index contributed by atoms with van der Waals surface area (Å²) in [6.07, 6.45) is -0.716. The fourth-order valence-corrected chi connectivity index (χ4v) is 3.02. The second kappa shape index (κ2) is 6.71. The highest BCUT2D eigenvalue weighted by Gasteiger charge is 2.35. The predicted octanol–water partition coefficient (Wildman–Crippen LogP) is 3.65. The summed E-state index contributed by atoms with van der Waals surface area (Å²) in [6, 6.07) is 11.0. The van der Waals surface area contributed by atoms with Crippen LogP contribution in [0.2, 0.25) is 0 Å². The highest BCUT2D eigenvalue weighted by atomic mass is 16.3. The smallest absolute Gasteiger partial charge is 0.146 e. The summed E-state index contributed by atoms with van der Waals surface area (Å²) >= 11 is 0. The molecule has 3 rings (SSSR count). The van der Waals surface area contributed by atoms with E-state index in [1.54, 1.807) is 26.0 Å². The van der Waals surface area contributed by atoms with Gasteiger partial charge in [0.15, 0.2) is 0 Å². The van der Waals surface area contributed by atoms with E-state index >= 15 is 0 Å². The number of Topliss-reactive ketones (excluding diaryl/α,β-unsaturated/α-hetero) is 1. The molecule has 0 spiro atoms. The third-order valence-electron chi connectivity index (χ3n) is 5.93. The number of aliphatic hydroxyl groups is 1. The quantitative estimate of drug-likeness (QED) is 0.704. The molecule has 0 aliphatic heterocycles. The predicted molar refractivity (Wildman–Crippen MR) is 109 cm³/mol. The van der Waals surface area contributed by atoms with Gasteiger partial charge in [-0.1, -0.05) is 32.0 Å². The number of hydrogen-bond acceptors (Lipinski definition) is 5. The maximum Gasteiger partial charge on any atom is 0.146 e. The number of ketones is 1. The van der Waals surface area contributed by atoms with Crippen LogP contribution < -0.4 is 0 Å². The minimum atomic E-state index is -0.765. The van der Waals surface area contributed by atoms with E-state index in [1.807, 2.05) is 52.0 Å². The Labute approximate surface area is 164 Å². The molecule has 2 aromatic carbocycles. The van der Waals surface area contributed by atoms with Gasteiger partial charge in [0.2, 0.25) is 0 Å². The van der Waals surface area contributed by atoms with Crippen molar-refractivity contribution in [3.63, 3.8) is 0 Å². The molecule has 0 bridgehead atoms. The summed E-state index contributed by atoms with van der Waals surface area (Å²) in [5.41, 5.74) is 1.56. The first-order chi connectivity index (χ1) is 13.0. The Bertz CT molecular complexity index is 1020. The van der Waals surface area contributed by atoms with E-state index in [1.165, 1.54) is 4.80 Å². The highest BCUT2D eigenvalue weighted by Crippen LogP contribution is 2.41. The topological polar surface area (TPSA) is 88.2 Å². The lowest BCUT2D eigenvalue weighted by molar-refractivity contribution is -0.121. The van der Waals surface area contributed by atoms with Gasteiger partial charge < -0.3 is 10.2 Å². The van der Waals surface area contributed by atoms with Gasteiger partial charge in [-0.15, -0.1) is 15.0 Å². The summed E-state index contributed by atoms with van der Waals surface area (Å²) < 4.78 is 0. The maximum atomic E-state index is 12.3. The van der Waals surface area contributed by atoms with Gasteiger partial charge in [-0.2, -0.15) is 0 Å². The molecule has 0 saturated carbocycles. The number of carbonyl (C=O) groups is 1. The first-order valence-electron chi connectivity index (χ1n) is 9.35. The molecular formula is C22H27N3O3. The van der Waals surface area contributed by atoms with Crippen LogP contribution in [0.5, 0.6) is 5.75 Å². The molecular weight excluding hydrogens is 354 g/mol. The van der Waals surface area contributed by atoms with Crippen LogP contribution in [0.4, 0.5) is 0 Å². The second-order valence-electron chi connectivity index (χ2n) is 8.45. The van der Waals surface area contributed by atoms with Crippen LogP contribution in [0.15, 0.2) is 36.4 Å². The first-order valence-corrected chi connectivity index (χ1v) is 9.35. The number of fused-ring (bicyclic) bond motifs is 1. The lowest BCUT2D eigenvalue weighted by Gasteiger charge is -2.32. The van der Waals surface area contributed by atoms with Crippen molar-refractivity contribution in [3.8, 4) is 11.4 Å². The summed E-state index contributed by atoms with van der Waals surface area (Å²) in [5, 5.41) is 30.4. The number of phenols is 1. The van der Waals surface area contributed by atoms with Crippen molar-refractivity contribution in [2.75, 3.05) is 0 Å². The molecule has 3 aromatic rings. The van der Waals surface area contributed by atoms with Gasteiger partial charge in [0.1, 0.15) is 28.3 Å². The normalized spacial score (nSPS) is 13.7. The standard InChI is InChI=1S/C22H27N3O3/c1-13(26)21(3,4)15-11-16(22(5,6)14(2)27)20(28)19(12-15)25-23-17-9-7-8-10-18(17)24-25/h7-12,14,27-28H,1-6H3. The SMILES string of the molecule is CC(=O)C(C)(C)c1cc(-n2nc3ccccc3n2)c(O)c(C(C)(C)C(C)O)c1. The average Bonchev–Trinajstić information content (AvgIpc) is 3.05. The molecule has 0 saturated heterocycles. The Kier molecular flexibility index (Phi) is 4.79. The van der Waals surface area contributed by atoms with Crippen molar-refractivity contribution < 1.29 is 15.0 Å². The third-order valence-corrected chi connectivity index (χ3v) is 5.93. The Hall–Kier alpha value is -2.73. The molecule has 6 heteroatoms. The van der Waals surface area contributed by atoms with E-state index in [2.05, 4.69) is 10.2 Å². The Morgan fingerprint density at radius 2 is 1.61 bits per heavy atom. The lowest BCUT2D eigenvalue weighted by Crippen LogP contribution is -2.33. The number of aliphatic hydroxyl groups excluding tert-OH is 1. The molecule has 2 N–H and O–H groups in total. The molecule has 1 atom stereocenters. The van der Waals surface area contributed by atoms with Crippen LogP contribution >= 0.6 is 0 Å². The van der Waals surface area contributed by atoms with Crippen molar-refractivity contribution in [1.82, 2.24) is 15.0 Å². The van der Waals surface area contributed by atoms with Crippen LogP contribution in [-0.4, -0.2) is 37.1 Å². The van der Waals surface area contributed by atoms with Crippen LogP contribution in [0, 0.1) is 0 Å². The van der Waals surface area contributed by atoms with E-state index in [0.29, 0.717) is 22.3 Å². The zero-order valence-electron chi connectivity index (χ0n) is 17.2. The molecule has 0 aliphatic carbocycles. The van der Waals surface area contributed by atoms with Crippen molar-refractivity contribution in [3.05, 3.63) is 47.5 Å². The first kappa shape index (κ1) is 20.0. The lowest BCUT2D eigenvalue weighted by atomic mass is 9.74. The zero-order valence-corrected chi connectivity index (χ0v) is 17.2. The van der Waals surface area contributed by atoms with Crippen LogP contribution in [-0.2, 0) is 15.6 Å². The number of nitrogens with zero attached hydrogens (tertiary/aromatic N) is 3. The fraction of sp³-hybridized carbons (Fsp3) is 0.409. The Balaban J connectivity index is 2.33. The molecule has 1 heterocycles. The minimum Gasteiger partial charge on any atom is -0.505 e. The van der Waals surface area contributed by atoms with Crippen molar-refractivity contribution in [2.45, 2.75) is 58.5 Å². The number of benzene rings is 2. The fourth-order valence-electron chi connectivity index (χ4n) is 3.02. The van der Waals surface area contributed by atoms with Gasteiger partial charge in [0.05, 0.1) is 6.10 Å². The monoisotopic (exact) mass is 381 g/mol. The molecule has 148 valence electrons. The second-order valence-corrected chi connectivity index (χ2v) is 8.45. The van der Waals surface area contributed by atoms with E-state index in [4.69, 9.17) is 0 Å². The van der Waals surface area contributed by atoms with Gasteiger partial charge in [-0.25, -0.2) is 0 Å². The van der Waals surface area contributed by atoms with Crippen LogP contribution in [0.25, 0.3) is 16.7 Å². The average molecular weight is 381 g/mol. The largest absolute Gasteiger partial charge is 0.505 e. The number of aromatic nitrogens is 3. The van der Waals surface area contributed by atoms with Gasteiger partial charge in [-0.3, -0.25) is 4.79 Å². The summed E-state index contributed by atoms with van der Waals surface area (Å²) in [5.74, 6) is -0.00200. The highest BCUT2D eigenvalue weighted by molar-refractivity contribution is 5.87.